The fourth-order valence-electron chi connectivity index (χ4n) is 6.60. The van der Waals surface area contributed by atoms with Crippen LogP contribution < -0.4 is 10.6 Å². The Bertz CT molecular complexity index is 1460. The van der Waals surface area contributed by atoms with Crippen LogP contribution >= 0.6 is 33.3 Å². The van der Waals surface area contributed by atoms with Crippen molar-refractivity contribution in [3.05, 3.63) is 46.5 Å². The van der Waals surface area contributed by atoms with Gasteiger partial charge in [0.25, 0.3) is 0 Å². The maximum absolute atomic E-state index is 13.6. The summed E-state index contributed by atoms with van der Waals surface area (Å²) in [5, 5.41) is 28.7. The van der Waals surface area contributed by atoms with Gasteiger partial charge < -0.3 is 30.3 Å². The Labute approximate surface area is 298 Å². The number of benzene rings is 2. The van der Waals surface area contributed by atoms with Crippen LogP contribution in [0.3, 0.4) is 0 Å². The minimum Gasteiger partial charge on any atom is -0.506 e. The van der Waals surface area contributed by atoms with Gasteiger partial charge in [-0.3, -0.25) is 19.4 Å². The Morgan fingerprint density at radius 1 is 0.735 bits per heavy atom. The summed E-state index contributed by atoms with van der Waals surface area (Å²) >= 11 is 1.27. The highest BCUT2D eigenvalue weighted by atomic mass is 33.1. The molecule has 2 saturated heterocycles. The SMILES string of the molecule is COC(=O)[C@@H]1CSSC[C@H](C(=O)OC)NC(=O)[C@@H]2CCCN2Cc2cc(C)cc(c2O)Sc2cc(C)cc(c2O)CN2CCC[C@H]2C(=O)N1. The lowest BCUT2D eigenvalue weighted by Crippen LogP contribution is -2.51. The van der Waals surface area contributed by atoms with Gasteiger partial charge in [0, 0.05) is 35.7 Å². The molecule has 3 aliphatic heterocycles. The molecule has 49 heavy (non-hydrogen) atoms. The van der Waals surface area contributed by atoms with E-state index in [-0.39, 0.29) is 34.8 Å². The van der Waals surface area contributed by atoms with Crippen molar-refractivity contribution in [1.29, 1.82) is 0 Å². The van der Waals surface area contributed by atoms with E-state index in [9.17, 15) is 29.4 Å². The summed E-state index contributed by atoms with van der Waals surface area (Å²) in [6, 6.07) is 4.66. The first-order valence-corrected chi connectivity index (χ1v) is 19.6. The van der Waals surface area contributed by atoms with Crippen LogP contribution in [0.2, 0.25) is 0 Å². The lowest BCUT2D eigenvalue weighted by atomic mass is 10.1. The summed E-state index contributed by atoms with van der Waals surface area (Å²) in [4.78, 5) is 57.7. The smallest absolute Gasteiger partial charge is 0.329 e. The molecule has 0 spiro atoms. The highest BCUT2D eigenvalue weighted by Gasteiger charge is 2.36. The Morgan fingerprint density at radius 3 is 1.53 bits per heavy atom. The number of phenols is 2. The second-order valence-electron chi connectivity index (χ2n) is 12.6. The van der Waals surface area contributed by atoms with E-state index in [0.29, 0.717) is 59.9 Å². The molecule has 4 N–H and O–H groups in total. The predicted molar refractivity (Wildman–Crippen MR) is 189 cm³/mol. The Kier molecular flexibility index (Phi) is 12.7. The van der Waals surface area contributed by atoms with E-state index in [4.69, 9.17) is 9.47 Å². The number of phenolic OH excluding ortho intramolecular Hbond substituents is 2. The Hall–Kier alpha value is -3.11. The van der Waals surface area contributed by atoms with Crippen molar-refractivity contribution in [2.75, 3.05) is 38.8 Å². The van der Waals surface area contributed by atoms with Crippen molar-refractivity contribution >= 4 is 57.1 Å². The third-order valence-corrected chi connectivity index (χ3v) is 12.5. The molecule has 0 radical (unpaired) electrons. The molecule has 266 valence electrons. The molecule has 0 aromatic heterocycles. The van der Waals surface area contributed by atoms with Crippen molar-refractivity contribution in [3.8, 4) is 11.5 Å². The molecule has 0 aliphatic carbocycles. The van der Waals surface area contributed by atoms with E-state index in [0.717, 1.165) is 24.0 Å². The number of hydrogen-bond acceptors (Lipinski definition) is 13. The molecule has 2 aromatic carbocycles. The fourth-order valence-corrected chi connectivity index (χ4v) is 10.1. The Morgan fingerprint density at radius 2 is 1.14 bits per heavy atom. The number of methoxy groups -OCH3 is 2. The molecule has 4 atom stereocenters. The summed E-state index contributed by atoms with van der Waals surface area (Å²) in [7, 11) is 5.09. The molecule has 3 aliphatic rings. The first-order chi connectivity index (χ1) is 23.5. The maximum Gasteiger partial charge on any atom is 0.329 e. The number of fused-ring (bicyclic) bond motifs is 6. The summed E-state index contributed by atoms with van der Waals surface area (Å²) in [6.07, 6.45) is 2.74. The van der Waals surface area contributed by atoms with Crippen LogP contribution in [-0.4, -0.2) is 107 Å². The van der Waals surface area contributed by atoms with E-state index < -0.39 is 36.1 Å². The van der Waals surface area contributed by atoms with Gasteiger partial charge in [0.2, 0.25) is 11.8 Å². The minimum atomic E-state index is -0.932. The zero-order chi connectivity index (χ0) is 35.2. The monoisotopic (exact) mass is 732 g/mol. The quantitative estimate of drug-likeness (QED) is 0.263. The number of ether oxygens (including phenoxy) is 2. The number of nitrogens with zero attached hydrogens (tertiary/aromatic N) is 2. The lowest BCUT2D eigenvalue weighted by Gasteiger charge is -2.26. The second kappa shape index (κ2) is 16.7. The summed E-state index contributed by atoms with van der Waals surface area (Å²) in [6.45, 7) is 5.81. The first kappa shape index (κ1) is 37.2. The van der Waals surface area contributed by atoms with Gasteiger partial charge in [-0.15, -0.1) is 0 Å². The van der Waals surface area contributed by atoms with Gasteiger partial charge in [-0.2, -0.15) is 0 Å². The standard InChI is InChI=1S/C34H44N4O8S3/c1-19-11-21-15-37-9-5-7-25(37)31(41)35-23(33(43)45-3)17-47-48-18-24(34(44)46-4)36-32(42)26-8-6-10-38(26)16-22-12-20(2)14-28(30(22)40)49-27(13-19)29(21)39/h11-14,23-26,39-40H,5-10,15-18H2,1-4H3,(H,35,41)(H,36,42)/t23-,24+,25-,26-/m0/s1. The molecule has 2 aromatic rings. The predicted octanol–water partition coefficient (Wildman–Crippen LogP) is 3.51. The molecule has 3 heterocycles. The number of carbonyl (C=O) groups excluding carboxylic acids is 4. The number of aromatic hydroxyl groups is 2. The molecule has 4 bridgehead atoms. The number of rotatable bonds is 2. The van der Waals surface area contributed by atoms with Crippen LogP contribution in [0.1, 0.15) is 47.9 Å². The normalized spacial score (nSPS) is 24.7. The van der Waals surface area contributed by atoms with Gasteiger partial charge in [-0.25, -0.2) is 9.59 Å². The highest BCUT2D eigenvalue weighted by Crippen LogP contribution is 2.43. The van der Waals surface area contributed by atoms with Gasteiger partial charge in [-0.05, 0) is 75.9 Å². The van der Waals surface area contributed by atoms with Gasteiger partial charge in [-0.1, -0.05) is 45.5 Å². The van der Waals surface area contributed by atoms with Gasteiger partial charge in [0.15, 0.2) is 0 Å². The van der Waals surface area contributed by atoms with E-state index in [1.807, 2.05) is 47.9 Å². The number of amides is 2. The lowest BCUT2D eigenvalue weighted by molar-refractivity contribution is -0.145. The van der Waals surface area contributed by atoms with Crippen molar-refractivity contribution in [2.24, 2.45) is 0 Å². The number of hydrogen-bond donors (Lipinski definition) is 4. The van der Waals surface area contributed by atoms with Crippen molar-refractivity contribution in [2.45, 2.75) is 86.6 Å². The third kappa shape index (κ3) is 8.98. The van der Waals surface area contributed by atoms with E-state index in [2.05, 4.69) is 10.6 Å². The molecule has 15 heteroatoms. The number of nitrogens with one attached hydrogen (secondary N) is 2. The maximum atomic E-state index is 13.6. The second-order valence-corrected chi connectivity index (χ2v) is 16.3. The number of esters is 2. The number of carbonyl (C=O) groups is 4. The first-order valence-electron chi connectivity index (χ1n) is 16.3. The van der Waals surface area contributed by atoms with Crippen LogP contribution in [0.5, 0.6) is 11.5 Å². The topological polar surface area (TPSA) is 158 Å². The van der Waals surface area contributed by atoms with E-state index >= 15 is 0 Å². The zero-order valence-electron chi connectivity index (χ0n) is 28.2. The van der Waals surface area contributed by atoms with Crippen LogP contribution in [0.4, 0.5) is 0 Å². The van der Waals surface area contributed by atoms with Crippen LogP contribution in [-0.2, 0) is 41.7 Å². The molecule has 2 amide bonds. The minimum absolute atomic E-state index is 0.0832. The van der Waals surface area contributed by atoms with Crippen LogP contribution in [0.15, 0.2) is 34.1 Å². The largest absolute Gasteiger partial charge is 0.506 e. The van der Waals surface area contributed by atoms with Gasteiger partial charge in [0.1, 0.15) is 23.6 Å². The fraction of sp³-hybridized carbons (Fsp3) is 0.529. The van der Waals surface area contributed by atoms with Crippen LogP contribution in [0, 0.1) is 13.8 Å². The van der Waals surface area contributed by atoms with Crippen molar-refractivity contribution < 1.29 is 38.9 Å². The molecule has 12 nitrogen and oxygen atoms in total. The highest BCUT2D eigenvalue weighted by molar-refractivity contribution is 8.76. The van der Waals surface area contributed by atoms with E-state index in [1.54, 1.807) is 0 Å². The van der Waals surface area contributed by atoms with Gasteiger partial charge in [0.05, 0.1) is 36.1 Å². The molecule has 2 fully saturated rings. The van der Waals surface area contributed by atoms with Crippen molar-refractivity contribution in [3.63, 3.8) is 0 Å². The molecular weight excluding hydrogens is 689 g/mol. The summed E-state index contributed by atoms with van der Waals surface area (Å²) in [5.74, 6) is -1.27. The summed E-state index contributed by atoms with van der Waals surface area (Å²) < 4.78 is 9.97. The number of aryl methyl sites for hydroxylation is 2. The van der Waals surface area contributed by atoms with Crippen molar-refractivity contribution in [1.82, 2.24) is 20.4 Å². The third-order valence-electron chi connectivity index (χ3n) is 9.05. The van der Waals surface area contributed by atoms with E-state index in [1.165, 1.54) is 47.6 Å². The van der Waals surface area contributed by atoms with Gasteiger partial charge >= 0.3 is 11.9 Å². The zero-order valence-corrected chi connectivity index (χ0v) is 30.6. The van der Waals surface area contributed by atoms with Crippen LogP contribution in [0.25, 0.3) is 0 Å². The average molecular weight is 733 g/mol. The molecule has 0 saturated carbocycles. The Balaban J connectivity index is 1.49. The molecular formula is C34H44N4O8S3. The summed E-state index contributed by atoms with van der Waals surface area (Å²) in [5.41, 5.74) is 3.17. The molecule has 5 rings (SSSR count). The average Bonchev–Trinajstić information content (AvgIpc) is 3.74. The molecule has 0 unspecified atom stereocenters.